The topological polar surface area (TPSA) is 99.2 Å². The van der Waals surface area contributed by atoms with Gasteiger partial charge < -0.3 is 10.5 Å². The molecule has 0 amide bonds. The molecule has 0 spiro atoms. The van der Waals surface area contributed by atoms with E-state index in [4.69, 9.17) is 10.5 Å². The van der Waals surface area contributed by atoms with Gasteiger partial charge in [0.15, 0.2) is 0 Å². The lowest BCUT2D eigenvalue weighted by Crippen LogP contribution is -2.12. The molecule has 0 bridgehead atoms. The molecule has 2 aromatic rings. The summed E-state index contributed by atoms with van der Waals surface area (Å²) in [6.07, 6.45) is 3.54. The van der Waals surface area contributed by atoms with Crippen LogP contribution in [0.5, 0.6) is 5.75 Å². The van der Waals surface area contributed by atoms with Gasteiger partial charge in [-0.05, 0) is 25.1 Å². The Morgan fingerprint density at radius 1 is 1.43 bits per heavy atom. The molecule has 3 N–H and O–H groups in total. The maximum Gasteiger partial charge on any atom is 0.265 e. The summed E-state index contributed by atoms with van der Waals surface area (Å²) in [5.74, 6) is 0.578. The number of anilines is 1. The van der Waals surface area contributed by atoms with Crippen LogP contribution in [-0.2, 0) is 16.6 Å². The standard InChI is InChI=1S/C13H18N4O3S/c1-20-12-5-2-4-11(8-12)16-21(18,19)13-9-15-17(10-13)7-3-6-14/h2,4-5,8-10,16H,3,6-7,14H2,1H3. The Bertz CT molecular complexity index is 697. The molecular weight excluding hydrogens is 292 g/mol. The number of sulfonamides is 1. The largest absolute Gasteiger partial charge is 0.497 e. The summed E-state index contributed by atoms with van der Waals surface area (Å²) in [5.41, 5.74) is 5.85. The number of nitrogens with zero attached hydrogens (tertiary/aromatic N) is 2. The molecule has 7 nitrogen and oxygen atoms in total. The van der Waals surface area contributed by atoms with E-state index in [0.29, 0.717) is 24.5 Å². The first kappa shape index (κ1) is 15.3. The van der Waals surface area contributed by atoms with Gasteiger partial charge in [-0.2, -0.15) is 5.10 Å². The maximum atomic E-state index is 12.3. The number of rotatable bonds is 7. The van der Waals surface area contributed by atoms with E-state index in [2.05, 4.69) is 9.82 Å². The average molecular weight is 310 g/mol. The fourth-order valence-corrected chi connectivity index (χ4v) is 2.76. The molecule has 0 fully saturated rings. The van der Waals surface area contributed by atoms with Gasteiger partial charge in [0.25, 0.3) is 10.0 Å². The molecule has 0 aliphatic rings. The highest BCUT2D eigenvalue weighted by atomic mass is 32.2. The van der Waals surface area contributed by atoms with Gasteiger partial charge in [0.05, 0.1) is 19.0 Å². The van der Waals surface area contributed by atoms with E-state index in [1.54, 1.807) is 28.9 Å². The molecule has 0 saturated carbocycles. The van der Waals surface area contributed by atoms with E-state index >= 15 is 0 Å². The highest BCUT2D eigenvalue weighted by Gasteiger charge is 2.16. The van der Waals surface area contributed by atoms with Gasteiger partial charge in [-0.15, -0.1) is 0 Å². The van der Waals surface area contributed by atoms with E-state index in [9.17, 15) is 8.42 Å². The fraction of sp³-hybridized carbons (Fsp3) is 0.308. The zero-order chi connectivity index (χ0) is 15.3. The predicted octanol–water partition coefficient (Wildman–Crippen LogP) is 1.04. The molecule has 1 heterocycles. The second-order valence-electron chi connectivity index (χ2n) is 4.42. The Labute approximate surface area is 123 Å². The molecule has 21 heavy (non-hydrogen) atoms. The maximum absolute atomic E-state index is 12.3. The highest BCUT2D eigenvalue weighted by molar-refractivity contribution is 7.92. The van der Waals surface area contributed by atoms with Gasteiger partial charge in [-0.25, -0.2) is 8.42 Å². The summed E-state index contributed by atoms with van der Waals surface area (Å²) >= 11 is 0. The third-order valence-corrected chi connectivity index (χ3v) is 4.17. The summed E-state index contributed by atoms with van der Waals surface area (Å²) in [6.45, 7) is 1.12. The first-order valence-corrected chi connectivity index (χ1v) is 7.93. The Morgan fingerprint density at radius 2 is 2.24 bits per heavy atom. The SMILES string of the molecule is COc1cccc(NS(=O)(=O)c2cnn(CCCN)c2)c1. The molecule has 2 rings (SSSR count). The second-order valence-corrected chi connectivity index (χ2v) is 6.10. The van der Waals surface area contributed by atoms with Crippen LogP contribution in [0.1, 0.15) is 6.42 Å². The number of aryl methyl sites for hydroxylation is 1. The van der Waals surface area contributed by atoms with Crippen LogP contribution in [0.2, 0.25) is 0 Å². The van der Waals surface area contributed by atoms with Crippen molar-refractivity contribution < 1.29 is 13.2 Å². The van der Waals surface area contributed by atoms with Gasteiger partial charge in [-0.1, -0.05) is 6.07 Å². The molecule has 0 aliphatic carbocycles. The van der Waals surface area contributed by atoms with Crippen molar-refractivity contribution in [2.24, 2.45) is 5.73 Å². The lowest BCUT2D eigenvalue weighted by molar-refractivity contribution is 0.415. The normalized spacial score (nSPS) is 11.3. The van der Waals surface area contributed by atoms with Crippen molar-refractivity contribution >= 4 is 15.7 Å². The van der Waals surface area contributed by atoms with Crippen LogP contribution in [0.3, 0.4) is 0 Å². The number of hydrogen-bond donors (Lipinski definition) is 2. The van der Waals surface area contributed by atoms with E-state index in [0.717, 1.165) is 6.42 Å². The summed E-state index contributed by atoms with van der Waals surface area (Å²) in [7, 11) is -2.14. The van der Waals surface area contributed by atoms with E-state index in [1.165, 1.54) is 19.5 Å². The third-order valence-electron chi connectivity index (χ3n) is 2.83. The first-order valence-electron chi connectivity index (χ1n) is 6.44. The molecule has 0 saturated heterocycles. The lowest BCUT2D eigenvalue weighted by atomic mass is 10.3. The third kappa shape index (κ3) is 3.96. The number of methoxy groups -OCH3 is 1. The van der Waals surface area contributed by atoms with Crippen molar-refractivity contribution in [2.75, 3.05) is 18.4 Å². The van der Waals surface area contributed by atoms with Crippen molar-refractivity contribution in [3.63, 3.8) is 0 Å². The summed E-state index contributed by atoms with van der Waals surface area (Å²) < 4.78 is 33.6. The summed E-state index contributed by atoms with van der Waals surface area (Å²) in [4.78, 5) is 0.113. The van der Waals surface area contributed by atoms with Gasteiger partial charge in [0.2, 0.25) is 0 Å². The molecule has 1 aromatic heterocycles. The van der Waals surface area contributed by atoms with Crippen LogP contribution >= 0.6 is 0 Å². The van der Waals surface area contributed by atoms with Crippen molar-refractivity contribution in [1.29, 1.82) is 0 Å². The minimum atomic E-state index is -3.66. The molecule has 0 aliphatic heterocycles. The van der Waals surface area contributed by atoms with Crippen LogP contribution in [0.25, 0.3) is 0 Å². The van der Waals surface area contributed by atoms with Crippen LogP contribution in [-0.4, -0.2) is 31.9 Å². The highest BCUT2D eigenvalue weighted by Crippen LogP contribution is 2.20. The molecule has 0 radical (unpaired) electrons. The Hall–Kier alpha value is -2.06. The monoisotopic (exact) mass is 310 g/mol. The van der Waals surface area contributed by atoms with Gasteiger partial charge in [-0.3, -0.25) is 9.40 Å². The second kappa shape index (κ2) is 6.59. The lowest BCUT2D eigenvalue weighted by Gasteiger charge is -2.07. The molecule has 114 valence electrons. The smallest absolute Gasteiger partial charge is 0.265 e. The number of hydrogen-bond acceptors (Lipinski definition) is 5. The van der Waals surface area contributed by atoms with Crippen molar-refractivity contribution in [1.82, 2.24) is 9.78 Å². The molecule has 0 unspecified atom stereocenters. The molecule has 8 heteroatoms. The number of benzene rings is 1. The van der Waals surface area contributed by atoms with Crippen molar-refractivity contribution in [3.8, 4) is 5.75 Å². The Kier molecular flexibility index (Phi) is 4.81. The fourth-order valence-electron chi connectivity index (χ4n) is 1.76. The van der Waals surface area contributed by atoms with Crippen LogP contribution in [0.15, 0.2) is 41.6 Å². The van der Waals surface area contributed by atoms with Crippen molar-refractivity contribution in [3.05, 3.63) is 36.7 Å². The van der Waals surface area contributed by atoms with Crippen LogP contribution < -0.4 is 15.2 Å². The first-order chi connectivity index (χ1) is 10.0. The zero-order valence-corrected chi connectivity index (χ0v) is 12.5. The quantitative estimate of drug-likeness (QED) is 0.796. The summed E-state index contributed by atoms with van der Waals surface area (Å²) in [6, 6.07) is 6.71. The van der Waals surface area contributed by atoms with Crippen LogP contribution in [0.4, 0.5) is 5.69 Å². The minimum Gasteiger partial charge on any atom is -0.497 e. The van der Waals surface area contributed by atoms with E-state index in [1.807, 2.05) is 0 Å². The van der Waals surface area contributed by atoms with Gasteiger partial charge in [0.1, 0.15) is 10.6 Å². The number of nitrogens with two attached hydrogens (primary N) is 1. The van der Waals surface area contributed by atoms with Gasteiger partial charge >= 0.3 is 0 Å². The minimum absolute atomic E-state index is 0.113. The number of aromatic nitrogens is 2. The molecule has 0 atom stereocenters. The Balaban J connectivity index is 2.15. The number of ether oxygens (including phenoxy) is 1. The van der Waals surface area contributed by atoms with Crippen LogP contribution in [0, 0.1) is 0 Å². The van der Waals surface area contributed by atoms with E-state index in [-0.39, 0.29) is 4.90 Å². The van der Waals surface area contributed by atoms with E-state index < -0.39 is 10.0 Å². The molecule has 1 aromatic carbocycles. The molecular formula is C13H18N4O3S. The van der Waals surface area contributed by atoms with Crippen molar-refractivity contribution in [2.45, 2.75) is 17.9 Å². The average Bonchev–Trinajstić information content (AvgIpc) is 2.94. The predicted molar refractivity (Wildman–Crippen MR) is 79.7 cm³/mol. The Morgan fingerprint density at radius 3 is 2.95 bits per heavy atom. The number of nitrogens with one attached hydrogen (secondary N) is 1. The van der Waals surface area contributed by atoms with Gasteiger partial charge in [0, 0.05) is 18.8 Å². The summed E-state index contributed by atoms with van der Waals surface area (Å²) in [5, 5.41) is 4.01. The zero-order valence-electron chi connectivity index (χ0n) is 11.7.